The Labute approximate surface area is 99.4 Å². The van der Waals surface area contributed by atoms with Gasteiger partial charge < -0.3 is 26.0 Å². The van der Waals surface area contributed by atoms with E-state index in [1.165, 1.54) is 0 Å². The minimum atomic E-state index is -1.14. The molecule has 0 fully saturated rings. The Kier molecular flexibility index (Phi) is 10.2. The number of nitrogens with one attached hydrogen (secondary N) is 1. The molecule has 5 N–H and O–H groups in total. The minimum Gasteiger partial charge on any atom is -0.464 e. The third kappa shape index (κ3) is 5.86. The molecular weight excluding hydrogens is 240 g/mol. The summed E-state index contributed by atoms with van der Waals surface area (Å²) in [6.45, 7) is 0.639. The molecule has 0 saturated heterocycles. The van der Waals surface area contributed by atoms with E-state index < -0.39 is 37.2 Å². The minimum absolute atomic E-state index is 0. The van der Waals surface area contributed by atoms with Gasteiger partial charge in [-0.25, -0.2) is 4.79 Å². The monoisotopic (exact) mass is 256 g/mol. The number of ether oxygens (including phenoxy) is 1. The Hall–Kier alpha value is -0.890. The molecule has 0 saturated carbocycles. The van der Waals surface area contributed by atoms with Gasteiger partial charge in [-0.05, 0) is 6.92 Å². The standard InChI is InChI=1S/C8H16N2O5.ClH/c1-2-15-8(14)6(4-12)10-7(13)5(9)3-11;/h5-6,11-12H,2-4,9H2,1H3,(H,10,13);1H. The molecule has 0 aromatic carbocycles. The molecule has 16 heavy (non-hydrogen) atoms. The molecule has 0 bridgehead atoms. The van der Waals surface area contributed by atoms with Crippen LogP contribution in [0.1, 0.15) is 6.92 Å². The number of halogens is 1. The second-order valence-electron chi connectivity index (χ2n) is 2.78. The molecule has 0 aliphatic rings. The Bertz CT molecular complexity index is 226. The van der Waals surface area contributed by atoms with E-state index in [9.17, 15) is 9.59 Å². The number of carbonyl (C=O) groups is 2. The molecule has 7 nitrogen and oxygen atoms in total. The summed E-state index contributed by atoms with van der Waals surface area (Å²) in [6, 6.07) is -2.26. The summed E-state index contributed by atoms with van der Waals surface area (Å²) in [5.41, 5.74) is 5.20. The lowest BCUT2D eigenvalue weighted by Crippen LogP contribution is -2.51. The Balaban J connectivity index is 0. The number of aliphatic hydroxyl groups is 2. The first-order valence-electron chi connectivity index (χ1n) is 4.51. The van der Waals surface area contributed by atoms with Gasteiger partial charge in [0.15, 0.2) is 6.04 Å². The molecule has 0 aliphatic heterocycles. The largest absolute Gasteiger partial charge is 0.464 e. The summed E-state index contributed by atoms with van der Waals surface area (Å²) < 4.78 is 4.59. The zero-order valence-corrected chi connectivity index (χ0v) is 9.70. The second kappa shape index (κ2) is 9.34. The van der Waals surface area contributed by atoms with E-state index in [0.717, 1.165) is 0 Å². The molecule has 0 radical (unpaired) electrons. The Morgan fingerprint density at radius 1 is 1.38 bits per heavy atom. The maximum atomic E-state index is 11.1. The van der Waals surface area contributed by atoms with Crippen LogP contribution in [-0.2, 0) is 14.3 Å². The highest BCUT2D eigenvalue weighted by atomic mass is 35.5. The fourth-order valence-corrected chi connectivity index (χ4v) is 0.784. The quantitative estimate of drug-likeness (QED) is 0.399. The lowest BCUT2D eigenvalue weighted by Gasteiger charge is -2.16. The van der Waals surface area contributed by atoms with Gasteiger partial charge in [-0.3, -0.25) is 4.79 Å². The van der Waals surface area contributed by atoms with Crippen molar-refractivity contribution in [1.29, 1.82) is 0 Å². The van der Waals surface area contributed by atoms with Crippen molar-refractivity contribution in [2.45, 2.75) is 19.0 Å². The van der Waals surface area contributed by atoms with Crippen LogP contribution in [-0.4, -0.2) is 54.0 Å². The van der Waals surface area contributed by atoms with E-state index in [4.69, 9.17) is 15.9 Å². The molecule has 96 valence electrons. The van der Waals surface area contributed by atoms with Crippen LogP contribution in [0.25, 0.3) is 0 Å². The third-order valence-electron chi connectivity index (χ3n) is 1.60. The van der Waals surface area contributed by atoms with Crippen molar-refractivity contribution in [3.05, 3.63) is 0 Å². The lowest BCUT2D eigenvalue weighted by molar-refractivity contribution is -0.148. The van der Waals surface area contributed by atoms with Gasteiger partial charge in [-0.1, -0.05) is 0 Å². The van der Waals surface area contributed by atoms with Crippen molar-refractivity contribution >= 4 is 24.3 Å². The zero-order valence-electron chi connectivity index (χ0n) is 8.88. The van der Waals surface area contributed by atoms with E-state index in [1.54, 1.807) is 6.92 Å². The second-order valence-corrected chi connectivity index (χ2v) is 2.78. The van der Waals surface area contributed by atoms with E-state index >= 15 is 0 Å². The number of hydrogen-bond acceptors (Lipinski definition) is 6. The molecule has 2 atom stereocenters. The first-order chi connectivity index (χ1) is 7.06. The van der Waals surface area contributed by atoms with E-state index in [1.807, 2.05) is 0 Å². The molecule has 1 amide bonds. The average molecular weight is 257 g/mol. The van der Waals surface area contributed by atoms with Crippen LogP contribution in [0, 0.1) is 0 Å². The highest BCUT2D eigenvalue weighted by molar-refractivity contribution is 5.87. The Morgan fingerprint density at radius 2 is 1.94 bits per heavy atom. The number of hydrogen-bond donors (Lipinski definition) is 4. The van der Waals surface area contributed by atoms with Gasteiger partial charge in [-0.2, -0.15) is 0 Å². The van der Waals surface area contributed by atoms with Crippen LogP contribution in [0.4, 0.5) is 0 Å². The summed E-state index contributed by atoms with van der Waals surface area (Å²) in [5.74, 6) is -1.46. The molecule has 0 aliphatic carbocycles. The van der Waals surface area contributed by atoms with Crippen molar-refractivity contribution in [2.75, 3.05) is 19.8 Å². The number of esters is 1. The van der Waals surface area contributed by atoms with E-state index in [2.05, 4.69) is 10.1 Å². The topological polar surface area (TPSA) is 122 Å². The maximum absolute atomic E-state index is 11.1. The molecule has 0 heterocycles. The van der Waals surface area contributed by atoms with Crippen molar-refractivity contribution in [3.63, 3.8) is 0 Å². The number of carbonyl (C=O) groups excluding carboxylic acids is 2. The third-order valence-corrected chi connectivity index (χ3v) is 1.60. The first kappa shape index (κ1) is 17.5. The molecule has 0 aromatic heterocycles. The van der Waals surface area contributed by atoms with E-state index in [-0.39, 0.29) is 19.0 Å². The molecule has 8 heteroatoms. The number of amides is 1. The summed E-state index contributed by atoms with van der Waals surface area (Å²) in [6.07, 6.45) is 0. The Morgan fingerprint density at radius 3 is 2.31 bits per heavy atom. The summed E-state index contributed by atoms with van der Waals surface area (Å²) >= 11 is 0. The van der Waals surface area contributed by atoms with Gasteiger partial charge in [0.1, 0.15) is 6.04 Å². The molecule has 0 rings (SSSR count). The van der Waals surface area contributed by atoms with Crippen LogP contribution in [0.2, 0.25) is 0 Å². The number of nitrogens with two attached hydrogens (primary N) is 1. The molecular formula is C8H17ClN2O5. The predicted molar refractivity (Wildman–Crippen MR) is 58.0 cm³/mol. The predicted octanol–water partition coefficient (Wildman–Crippen LogP) is -2.23. The van der Waals surface area contributed by atoms with Gasteiger partial charge in [-0.15, -0.1) is 12.4 Å². The van der Waals surface area contributed by atoms with Crippen LogP contribution in [0.15, 0.2) is 0 Å². The van der Waals surface area contributed by atoms with Crippen molar-refractivity contribution in [2.24, 2.45) is 5.73 Å². The number of aliphatic hydroxyl groups excluding tert-OH is 2. The van der Waals surface area contributed by atoms with Crippen LogP contribution in [0.3, 0.4) is 0 Å². The summed E-state index contributed by atoms with van der Waals surface area (Å²) in [4.78, 5) is 22.3. The van der Waals surface area contributed by atoms with Crippen molar-refractivity contribution < 1.29 is 24.5 Å². The summed E-state index contributed by atoms with van der Waals surface area (Å²) in [7, 11) is 0. The smallest absolute Gasteiger partial charge is 0.331 e. The lowest BCUT2D eigenvalue weighted by atomic mass is 10.2. The SMILES string of the molecule is CCOC(=O)C(CO)NC(=O)C(N)CO.Cl. The van der Waals surface area contributed by atoms with Gasteiger partial charge in [0.2, 0.25) is 5.91 Å². The fraction of sp³-hybridized carbons (Fsp3) is 0.750. The van der Waals surface area contributed by atoms with E-state index in [0.29, 0.717) is 0 Å². The fourth-order valence-electron chi connectivity index (χ4n) is 0.784. The van der Waals surface area contributed by atoms with Crippen molar-refractivity contribution in [3.8, 4) is 0 Å². The maximum Gasteiger partial charge on any atom is 0.331 e. The highest BCUT2D eigenvalue weighted by Crippen LogP contribution is 1.90. The number of rotatable bonds is 6. The van der Waals surface area contributed by atoms with Gasteiger partial charge in [0.05, 0.1) is 19.8 Å². The van der Waals surface area contributed by atoms with Crippen LogP contribution < -0.4 is 11.1 Å². The van der Waals surface area contributed by atoms with Crippen molar-refractivity contribution in [1.82, 2.24) is 5.32 Å². The first-order valence-corrected chi connectivity index (χ1v) is 4.51. The van der Waals surface area contributed by atoms with Crippen LogP contribution >= 0.6 is 12.4 Å². The summed E-state index contributed by atoms with van der Waals surface area (Å²) in [5, 5.41) is 19.5. The molecule has 2 unspecified atom stereocenters. The van der Waals surface area contributed by atoms with Gasteiger partial charge >= 0.3 is 5.97 Å². The highest BCUT2D eigenvalue weighted by Gasteiger charge is 2.23. The average Bonchev–Trinajstić information content (AvgIpc) is 2.24. The molecule has 0 aromatic rings. The normalized spacial score (nSPS) is 13.2. The van der Waals surface area contributed by atoms with Crippen LogP contribution in [0.5, 0.6) is 0 Å². The molecule has 0 spiro atoms. The van der Waals surface area contributed by atoms with Gasteiger partial charge in [0.25, 0.3) is 0 Å². The zero-order chi connectivity index (χ0) is 11.8. The van der Waals surface area contributed by atoms with Gasteiger partial charge in [0, 0.05) is 0 Å².